The Morgan fingerprint density at radius 2 is 1.73 bits per heavy atom. The normalized spacial score (nSPS) is 15.0. The van der Waals surface area contributed by atoms with Crippen LogP contribution in [0.5, 0.6) is 5.75 Å². The van der Waals surface area contributed by atoms with E-state index >= 15 is 0 Å². The Kier molecular flexibility index (Phi) is 6.55. The van der Waals surface area contributed by atoms with Crippen LogP contribution in [-0.4, -0.2) is 38.6 Å². The molecule has 0 atom stereocenters. The molecular formula is C22H25F3N2O3. The van der Waals surface area contributed by atoms with Crippen molar-refractivity contribution in [1.82, 2.24) is 5.32 Å². The average molecular weight is 422 g/mol. The van der Waals surface area contributed by atoms with E-state index in [4.69, 9.17) is 4.74 Å². The van der Waals surface area contributed by atoms with E-state index < -0.39 is 12.3 Å². The number of hydrogen-bond donors (Lipinski definition) is 1. The molecule has 8 heteroatoms. The summed E-state index contributed by atoms with van der Waals surface area (Å²) in [6, 6.07) is 9.59. The number of carbonyl (C=O) groups is 1. The highest BCUT2D eigenvalue weighted by Gasteiger charge is 2.34. The molecule has 0 bridgehead atoms. The average Bonchev–Trinajstić information content (AvgIpc) is 2.70. The molecule has 0 aromatic heterocycles. The van der Waals surface area contributed by atoms with E-state index in [9.17, 15) is 18.0 Å². The molecular weight excluding hydrogens is 397 g/mol. The Balaban J connectivity index is 2.18. The van der Waals surface area contributed by atoms with E-state index in [0.29, 0.717) is 16.9 Å². The van der Waals surface area contributed by atoms with E-state index in [1.165, 1.54) is 19.2 Å². The van der Waals surface area contributed by atoms with Gasteiger partial charge in [-0.2, -0.15) is 0 Å². The van der Waals surface area contributed by atoms with Crippen LogP contribution in [0.25, 0.3) is 0 Å². The van der Waals surface area contributed by atoms with Gasteiger partial charge < -0.3 is 19.7 Å². The number of benzene rings is 2. The lowest BCUT2D eigenvalue weighted by molar-refractivity contribution is -0.274. The fourth-order valence-corrected chi connectivity index (χ4v) is 3.89. The highest BCUT2D eigenvalue weighted by atomic mass is 19.4. The molecule has 0 unspecified atom stereocenters. The summed E-state index contributed by atoms with van der Waals surface area (Å²) < 4.78 is 48.4. The van der Waals surface area contributed by atoms with Crippen LogP contribution in [0, 0.1) is 13.8 Å². The van der Waals surface area contributed by atoms with Crippen molar-refractivity contribution in [3.05, 3.63) is 53.1 Å². The standard InChI is InChI=1S/C22H25F3N2O3/c1-14-12-15(2)19(13-17(14)21(28)29-3)27(16-8-10-26-11-9-16)18-6-4-5-7-20(18)30-22(23,24)25/h4-7,12-13,16,26H,8-11H2,1-3H3. The predicted octanol–water partition coefficient (Wildman–Crippen LogP) is 4.88. The number of halogens is 3. The number of methoxy groups -OCH3 is 1. The summed E-state index contributed by atoms with van der Waals surface area (Å²) in [6.07, 6.45) is -3.34. The molecule has 1 aliphatic heterocycles. The number of hydrogen-bond acceptors (Lipinski definition) is 5. The first-order valence-electron chi connectivity index (χ1n) is 9.75. The third-order valence-corrected chi connectivity index (χ3v) is 5.23. The quantitative estimate of drug-likeness (QED) is 0.696. The summed E-state index contributed by atoms with van der Waals surface area (Å²) in [5, 5.41) is 3.28. The summed E-state index contributed by atoms with van der Waals surface area (Å²) in [7, 11) is 1.30. The molecule has 0 saturated carbocycles. The van der Waals surface area contributed by atoms with Crippen LogP contribution < -0.4 is 15.0 Å². The summed E-state index contributed by atoms with van der Waals surface area (Å²) in [6.45, 7) is 5.18. The lowest BCUT2D eigenvalue weighted by Crippen LogP contribution is -2.41. The number of carbonyl (C=O) groups excluding carboxylic acids is 1. The molecule has 0 aliphatic carbocycles. The van der Waals surface area contributed by atoms with Crippen molar-refractivity contribution in [1.29, 1.82) is 0 Å². The second-order valence-electron chi connectivity index (χ2n) is 7.31. The van der Waals surface area contributed by atoms with E-state index in [0.717, 1.165) is 37.1 Å². The molecule has 5 nitrogen and oxygen atoms in total. The minimum atomic E-state index is -4.81. The molecule has 3 rings (SSSR count). The smallest absolute Gasteiger partial charge is 0.465 e. The minimum Gasteiger partial charge on any atom is -0.465 e. The largest absolute Gasteiger partial charge is 0.573 e. The van der Waals surface area contributed by atoms with Crippen molar-refractivity contribution < 1.29 is 27.4 Å². The first-order valence-corrected chi connectivity index (χ1v) is 9.75. The number of nitrogens with one attached hydrogen (secondary N) is 1. The molecule has 1 heterocycles. The van der Waals surface area contributed by atoms with Crippen LogP contribution in [-0.2, 0) is 4.74 Å². The van der Waals surface area contributed by atoms with Gasteiger partial charge in [-0.25, -0.2) is 4.79 Å². The summed E-state index contributed by atoms with van der Waals surface area (Å²) >= 11 is 0. The fourth-order valence-electron chi connectivity index (χ4n) is 3.89. The number of rotatable bonds is 5. The number of esters is 1. The Morgan fingerprint density at radius 3 is 2.37 bits per heavy atom. The Labute approximate surface area is 173 Å². The highest BCUT2D eigenvalue weighted by Crippen LogP contribution is 2.41. The zero-order valence-electron chi connectivity index (χ0n) is 17.2. The van der Waals surface area contributed by atoms with Crippen LogP contribution in [0.1, 0.15) is 34.3 Å². The maximum absolute atomic E-state index is 13.1. The molecule has 2 aromatic rings. The molecule has 1 fully saturated rings. The summed E-state index contributed by atoms with van der Waals surface area (Å²) in [5.74, 6) is -0.762. The number of alkyl halides is 3. The van der Waals surface area contributed by atoms with E-state index in [1.807, 2.05) is 17.9 Å². The van der Waals surface area contributed by atoms with Gasteiger partial charge in [0.2, 0.25) is 0 Å². The first kappa shape index (κ1) is 22.0. The van der Waals surface area contributed by atoms with Crippen molar-refractivity contribution in [2.75, 3.05) is 25.1 Å². The number of ether oxygens (including phenoxy) is 2. The summed E-state index contributed by atoms with van der Waals surface area (Å²) in [5.41, 5.74) is 2.94. The van der Waals surface area contributed by atoms with Crippen LogP contribution in [0.3, 0.4) is 0 Å². The van der Waals surface area contributed by atoms with Gasteiger partial charge in [-0.15, -0.1) is 13.2 Å². The van der Waals surface area contributed by atoms with Crippen molar-refractivity contribution in [2.45, 2.75) is 39.1 Å². The molecule has 2 aromatic carbocycles. The fraction of sp³-hybridized carbons (Fsp3) is 0.409. The van der Waals surface area contributed by atoms with Crippen LogP contribution in [0.15, 0.2) is 36.4 Å². The third kappa shape index (κ3) is 4.87. The number of anilines is 2. The monoisotopic (exact) mass is 422 g/mol. The molecule has 162 valence electrons. The van der Waals surface area contributed by atoms with Crippen LogP contribution in [0.2, 0.25) is 0 Å². The first-order chi connectivity index (χ1) is 14.2. The molecule has 0 amide bonds. The molecule has 1 saturated heterocycles. The number of piperidine rings is 1. The van der Waals surface area contributed by atoms with Gasteiger partial charge in [-0.1, -0.05) is 18.2 Å². The maximum atomic E-state index is 13.1. The lowest BCUT2D eigenvalue weighted by Gasteiger charge is -2.38. The predicted molar refractivity (Wildman–Crippen MR) is 108 cm³/mol. The Bertz CT molecular complexity index is 909. The maximum Gasteiger partial charge on any atom is 0.573 e. The Hall–Kier alpha value is -2.74. The van der Waals surface area contributed by atoms with E-state index in [-0.39, 0.29) is 11.8 Å². The van der Waals surface area contributed by atoms with Crippen molar-refractivity contribution >= 4 is 17.3 Å². The molecule has 30 heavy (non-hydrogen) atoms. The topological polar surface area (TPSA) is 50.8 Å². The van der Waals surface area contributed by atoms with Crippen molar-refractivity contribution in [3.63, 3.8) is 0 Å². The van der Waals surface area contributed by atoms with Crippen molar-refractivity contribution in [2.24, 2.45) is 0 Å². The third-order valence-electron chi connectivity index (χ3n) is 5.23. The molecule has 0 spiro atoms. The molecule has 1 aliphatic rings. The summed E-state index contributed by atoms with van der Waals surface area (Å²) in [4.78, 5) is 14.1. The molecule has 0 radical (unpaired) electrons. The second-order valence-corrected chi connectivity index (χ2v) is 7.31. The van der Waals surface area contributed by atoms with Gasteiger partial charge in [0.05, 0.1) is 18.4 Å². The Morgan fingerprint density at radius 1 is 1.07 bits per heavy atom. The minimum absolute atomic E-state index is 0.0591. The molecule has 1 N–H and O–H groups in total. The zero-order valence-corrected chi connectivity index (χ0v) is 17.2. The van der Waals surface area contributed by atoms with Crippen LogP contribution in [0.4, 0.5) is 24.5 Å². The highest BCUT2D eigenvalue weighted by molar-refractivity contribution is 5.93. The van der Waals surface area contributed by atoms with Gasteiger partial charge in [-0.3, -0.25) is 0 Å². The second kappa shape index (κ2) is 8.95. The van der Waals surface area contributed by atoms with E-state index in [1.54, 1.807) is 25.1 Å². The number of aryl methyl sites for hydroxylation is 2. The van der Waals surface area contributed by atoms with Gasteiger partial charge in [0, 0.05) is 11.7 Å². The number of nitrogens with zero attached hydrogens (tertiary/aromatic N) is 1. The van der Waals surface area contributed by atoms with Gasteiger partial charge in [0.1, 0.15) is 0 Å². The lowest BCUT2D eigenvalue weighted by atomic mass is 9.98. The van der Waals surface area contributed by atoms with Gasteiger partial charge in [0.25, 0.3) is 0 Å². The van der Waals surface area contributed by atoms with E-state index in [2.05, 4.69) is 10.1 Å². The SMILES string of the molecule is COC(=O)c1cc(N(c2ccccc2OC(F)(F)F)C2CCNCC2)c(C)cc1C. The zero-order chi connectivity index (χ0) is 21.9. The van der Waals surface area contributed by atoms with Gasteiger partial charge >= 0.3 is 12.3 Å². The van der Waals surface area contributed by atoms with Crippen molar-refractivity contribution in [3.8, 4) is 5.75 Å². The number of para-hydroxylation sites is 2. The van der Waals surface area contributed by atoms with Gasteiger partial charge in [-0.05, 0) is 69.1 Å². The van der Waals surface area contributed by atoms with Crippen LogP contribution >= 0.6 is 0 Å². The van der Waals surface area contributed by atoms with Gasteiger partial charge in [0.15, 0.2) is 5.75 Å².